The van der Waals surface area contributed by atoms with Gasteiger partial charge in [-0.05, 0) is 25.7 Å². The zero-order chi connectivity index (χ0) is 15.5. The molecule has 0 amide bonds. The van der Waals surface area contributed by atoms with Crippen molar-refractivity contribution in [1.29, 1.82) is 0 Å². The van der Waals surface area contributed by atoms with Crippen molar-refractivity contribution in [3.63, 3.8) is 0 Å². The Bertz CT molecular complexity index is 465. The van der Waals surface area contributed by atoms with Crippen LogP contribution in [0.2, 0.25) is 0 Å². The maximum atomic E-state index is 12.2. The second-order valence-corrected chi connectivity index (χ2v) is 7.71. The third kappa shape index (κ3) is 4.15. The van der Waals surface area contributed by atoms with Gasteiger partial charge in [0.05, 0.1) is 18.6 Å². The molecule has 0 unspecified atom stereocenters. The van der Waals surface area contributed by atoms with Crippen LogP contribution in [0.4, 0.5) is 0 Å². The van der Waals surface area contributed by atoms with Gasteiger partial charge in [-0.25, -0.2) is 0 Å². The molecule has 2 rings (SSSR count). The molecular weight excluding hydrogens is 296 g/mol. The van der Waals surface area contributed by atoms with Gasteiger partial charge in [0.15, 0.2) is 0 Å². The Balaban J connectivity index is 1.85. The number of aliphatic hydroxyl groups is 1. The molecule has 21 heavy (non-hydrogen) atoms. The average molecular weight is 320 g/mol. The Hall–Kier alpha value is -0.700. The number of ether oxygens (including phenoxy) is 1. The van der Waals surface area contributed by atoms with E-state index in [4.69, 9.17) is 0 Å². The topological polar surface area (TPSA) is 95.9 Å². The van der Waals surface area contributed by atoms with Gasteiger partial charge in [0.2, 0.25) is 0 Å². The van der Waals surface area contributed by atoms with Crippen molar-refractivity contribution < 1.29 is 23.1 Å². The van der Waals surface area contributed by atoms with Crippen LogP contribution in [-0.2, 0) is 19.7 Å². The number of hydrogen-bond donors (Lipinski definition) is 2. The number of nitrogens with zero attached hydrogens (tertiary/aromatic N) is 1. The van der Waals surface area contributed by atoms with Gasteiger partial charge < -0.3 is 9.84 Å². The number of nitrogens with one attached hydrogen (secondary N) is 1. The van der Waals surface area contributed by atoms with Gasteiger partial charge in [0.1, 0.15) is 0 Å². The highest BCUT2D eigenvalue weighted by molar-refractivity contribution is 7.87. The number of carbonyl (C=O) groups excluding carboxylic acids is 1. The predicted octanol–water partition coefficient (Wildman–Crippen LogP) is 0.0109. The van der Waals surface area contributed by atoms with E-state index >= 15 is 0 Å². The van der Waals surface area contributed by atoms with Gasteiger partial charge >= 0.3 is 5.97 Å². The van der Waals surface area contributed by atoms with Crippen molar-refractivity contribution >= 4 is 16.2 Å². The lowest BCUT2D eigenvalue weighted by atomic mass is 9.99. The van der Waals surface area contributed by atoms with E-state index in [9.17, 15) is 18.3 Å². The largest absolute Gasteiger partial charge is 0.469 e. The third-order valence-electron chi connectivity index (χ3n) is 4.45. The monoisotopic (exact) mass is 320 g/mol. The van der Waals surface area contributed by atoms with Crippen LogP contribution in [0.1, 0.15) is 38.5 Å². The highest BCUT2D eigenvalue weighted by Crippen LogP contribution is 2.29. The molecule has 0 spiro atoms. The van der Waals surface area contributed by atoms with E-state index in [-0.39, 0.29) is 18.4 Å². The quantitative estimate of drug-likeness (QED) is 0.696. The summed E-state index contributed by atoms with van der Waals surface area (Å²) in [5.41, 5.74) is -0.905. The molecule has 122 valence electrons. The minimum Gasteiger partial charge on any atom is -0.469 e. The molecule has 0 bridgehead atoms. The number of methoxy groups -OCH3 is 1. The first kappa shape index (κ1) is 16.7. The molecule has 1 saturated heterocycles. The fraction of sp³-hybridized carbons (Fsp3) is 0.923. The van der Waals surface area contributed by atoms with Crippen molar-refractivity contribution in [2.24, 2.45) is 5.92 Å². The first-order chi connectivity index (χ1) is 9.86. The van der Waals surface area contributed by atoms with Crippen LogP contribution in [0.15, 0.2) is 0 Å². The zero-order valence-corrected chi connectivity index (χ0v) is 13.2. The van der Waals surface area contributed by atoms with Gasteiger partial charge in [0.25, 0.3) is 10.2 Å². The summed E-state index contributed by atoms with van der Waals surface area (Å²) in [6.07, 6.45) is 4.08. The molecule has 1 heterocycles. The lowest BCUT2D eigenvalue weighted by molar-refractivity contribution is -0.146. The Kier molecular flexibility index (Phi) is 5.24. The second-order valence-electron chi connectivity index (χ2n) is 5.95. The summed E-state index contributed by atoms with van der Waals surface area (Å²) in [6.45, 7) is 0.660. The number of carbonyl (C=O) groups is 1. The molecule has 2 fully saturated rings. The van der Waals surface area contributed by atoms with Crippen LogP contribution in [-0.4, -0.2) is 56.1 Å². The van der Waals surface area contributed by atoms with Crippen LogP contribution < -0.4 is 4.72 Å². The molecule has 0 atom stereocenters. The molecule has 7 nitrogen and oxygen atoms in total. The SMILES string of the molecule is COC(=O)C1CCN(S(=O)(=O)NCC2(O)CCCC2)CC1. The molecule has 2 N–H and O–H groups in total. The summed E-state index contributed by atoms with van der Waals surface area (Å²) < 4.78 is 33.0. The summed E-state index contributed by atoms with van der Waals surface area (Å²) in [4.78, 5) is 11.4. The molecule has 1 aliphatic heterocycles. The summed E-state index contributed by atoms with van der Waals surface area (Å²) in [6, 6.07) is 0. The van der Waals surface area contributed by atoms with E-state index in [1.165, 1.54) is 11.4 Å². The minimum atomic E-state index is -3.59. The minimum absolute atomic E-state index is 0.0618. The fourth-order valence-corrected chi connectivity index (χ4v) is 4.35. The first-order valence-electron chi connectivity index (χ1n) is 7.41. The summed E-state index contributed by atoms with van der Waals surface area (Å²) in [5.74, 6) is -0.499. The molecule has 1 saturated carbocycles. The smallest absolute Gasteiger partial charge is 0.308 e. The van der Waals surface area contributed by atoms with Gasteiger partial charge in [-0.15, -0.1) is 0 Å². The Morgan fingerprint density at radius 2 is 1.90 bits per heavy atom. The number of rotatable bonds is 5. The van der Waals surface area contributed by atoms with E-state index in [1.807, 2.05) is 0 Å². The summed E-state index contributed by atoms with van der Waals surface area (Å²) in [7, 11) is -2.25. The summed E-state index contributed by atoms with van der Waals surface area (Å²) in [5, 5.41) is 10.2. The standard InChI is InChI=1S/C13H24N2O5S/c1-20-12(16)11-4-8-15(9-5-11)21(18,19)14-10-13(17)6-2-3-7-13/h11,14,17H,2-10H2,1H3. The van der Waals surface area contributed by atoms with Crippen molar-refractivity contribution in [2.45, 2.75) is 44.1 Å². The third-order valence-corrected chi connectivity index (χ3v) is 6.00. The molecule has 1 aliphatic carbocycles. The van der Waals surface area contributed by atoms with Crippen LogP contribution in [0.3, 0.4) is 0 Å². The first-order valence-corrected chi connectivity index (χ1v) is 8.85. The van der Waals surface area contributed by atoms with Crippen molar-refractivity contribution in [3.8, 4) is 0 Å². The molecule has 0 aromatic rings. The molecule has 8 heteroatoms. The van der Waals surface area contributed by atoms with E-state index in [1.54, 1.807) is 0 Å². The number of esters is 1. The molecule has 2 aliphatic rings. The predicted molar refractivity (Wildman–Crippen MR) is 76.7 cm³/mol. The number of hydrogen-bond acceptors (Lipinski definition) is 5. The van der Waals surface area contributed by atoms with E-state index in [0.29, 0.717) is 38.8 Å². The van der Waals surface area contributed by atoms with Crippen LogP contribution in [0.25, 0.3) is 0 Å². The average Bonchev–Trinajstić information content (AvgIpc) is 2.92. The van der Waals surface area contributed by atoms with Gasteiger partial charge in [0, 0.05) is 19.6 Å². The lowest BCUT2D eigenvalue weighted by Gasteiger charge is -2.31. The van der Waals surface area contributed by atoms with Crippen molar-refractivity contribution in [2.75, 3.05) is 26.7 Å². The van der Waals surface area contributed by atoms with Crippen LogP contribution in [0.5, 0.6) is 0 Å². The lowest BCUT2D eigenvalue weighted by Crippen LogP contribution is -2.49. The normalized spacial score (nSPS) is 24.1. The molecule has 0 radical (unpaired) electrons. The van der Waals surface area contributed by atoms with Crippen molar-refractivity contribution in [1.82, 2.24) is 9.03 Å². The van der Waals surface area contributed by atoms with Gasteiger partial charge in [-0.1, -0.05) is 12.8 Å². The highest BCUT2D eigenvalue weighted by atomic mass is 32.2. The van der Waals surface area contributed by atoms with Gasteiger partial charge in [-0.2, -0.15) is 17.4 Å². The van der Waals surface area contributed by atoms with Crippen LogP contribution >= 0.6 is 0 Å². The molecule has 0 aromatic heterocycles. The molecular formula is C13H24N2O5S. The second kappa shape index (κ2) is 6.60. The van der Waals surface area contributed by atoms with Crippen molar-refractivity contribution in [3.05, 3.63) is 0 Å². The Morgan fingerprint density at radius 3 is 2.43 bits per heavy atom. The van der Waals surface area contributed by atoms with E-state index < -0.39 is 15.8 Å². The van der Waals surface area contributed by atoms with Gasteiger partial charge in [-0.3, -0.25) is 4.79 Å². The zero-order valence-electron chi connectivity index (χ0n) is 12.4. The Morgan fingerprint density at radius 1 is 1.33 bits per heavy atom. The molecule has 0 aromatic carbocycles. The number of piperidine rings is 1. The highest BCUT2D eigenvalue weighted by Gasteiger charge is 2.35. The fourth-order valence-electron chi connectivity index (χ4n) is 3.03. The summed E-state index contributed by atoms with van der Waals surface area (Å²) >= 11 is 0. The Labute approximate surface area is 125 Å². The van der Waals surface area contributed by atoms with E-state index in [2.05, 4.69) is 9.46 Å². The maximum absolute atomic E-state index is 12.2. The maximum Gasteiger partial charge on any atom is 0.308 e. The van der Waals surface area contributed by atoms with E-state index in [0.717, 1.165) is 12.8 Å². The van der Waals surface area contributed by atoms with Crippen LogP contribution in [0, 0.1) is 5.92 Å².